The number of amides is 1. The minimum atomic E-state index is -0.332. The Morgan fingerprint density at radius 2 is 2.22 bits per heavy atom. The molecule has 1 fully saturated rings. The number of aromatic nitrogens is 3. The Morgan fingerprint density at radius 3 is 3.00 bits per heavy atom. The summed E-state index contributed by atoms with van der Waals surface area (Å²) >= 11 is 7.89. The molecule has 1 aromatic heterocycles. The molecule has 1 aliphatic heterocycles. The Hall–Kier alpha value is -1.61. The van der Waals surface area contributed by atoms with Gasteiger partial charge in [-0.1, -0.05) is 41.6 Å². The smallest absolute Gasteiger partial charge is 0.217 e. The maximum Gasteiger partial charge on any atom is 0.217 e. The second-order valence-corrected chi connectivity index (χ2v) is 7.95. The molecule has 1 atom stereocenters. The molecule has 27 heavy (non-hydrogen) atoms. The van der Waals surface area contributed by atoms with Crippen molar-refractivity contribution in [2.24, 2.45) is 12.8 Å². The molecule has 0 aliphatic carbocycles. The molecule has 2 N–H and O–H groups in total. The van der Waals surface area contributed by atoms with Crippen LogP contribution in [0.2, 0.25) is 5.02 Å². The number of aryl methyl sites for hydroxylation is 1. The van der Waals surface area contributed by atoms with Gasteiger partial charge in [0.05, 0.1) is 12.7 Å². The third-order valence-corrected chi connectivity index (χ3v) is 6.01. The average Bonchev–Trinajstić information content (AvgIpc) is 3.00. The van der Waals surface area contributed by atoms with Gasteiger partial charge in [0.25, 0.3) is 0 Å². The van der Waals surface area contributed by atoms with E-state index in [1.165, 1.54) is 0 Å². The predicted octanol–water partition coefficient (Wildman–Crippen LogP) is 1.88. The Morgan fingerprint density at radius 1 is 1.41 bits per heavy atom. The predicted molar refractivity (Wildman–Crippen MR) is 106 cm³/mol. The van der Waals surface area contributed by atoms with E-state index in [2.05, 4.69) is 21.2 Å². The number of carbonyl (C=O) groups is 1. The van der Waals surface area contributed by atoms with Crippen LogP contribution in [0.15, 0.2) is 29.4 Å². The molecule has 0 unspecified atom stereocenters. The van der Waals surface area contributed by atoms with E-state index in [1.54, 1.807) is 11.8 Å². The number of nitrogens with zero attached hydrogens (tertiary/aromatic N) is 4. The van der Waals surface area contributed by atoms with E-state index in [9.17, 15) is 4.79 Å². The number of rotatable bonds is 8. The van der Waals surface area contributed by atoms with Crippen molar-refractivity contribution in [2.75, 3.05) is 25.4 Å². The van der Waals surface area contributed by atoms with Crippen molar-refractivity contribution in [3.63, 3.8) is 0 Å². The van der Waals surface area contributed by atoms with Gasteiger partial charge in [0, 0.05) is 50.3 Å². The lowest BCUT2D eigenvalue weighted by Gasteiger charge is -2.32. The van der Waals surface area contributed by atoms with Gasteiger partial charge in [0.2, 0.25) is 5.91 Å². The van der Waals surface area contributed by atoms with Crippen LogP contribution in [-0.4, -0.2) is 57.1 Å². The minimum absolute atomic E-state index is 0.122. The fourth-order valence-electron chi connectivity index (χ4n) is 2.98. The van der Waals surface area contributed by atoms with Gasteiger partial charge in [0.1, 0.15) is 5.82 Å². The molecule has 3 rings (SSSR count). The highest BCUT2D eigenvalue weighted by atomic mass is 35.5. The fourth-order valence-corrected chi connectivity index (χ4v) is 4.11. The van der Waals surface area contributed by atoms with Crippen molar-refractivity contribution in [3.05, 3.63) is 40.7 Å². The van der Waals surface area contributed by atoms with Crippen LogP contribution in [0.1, 0.15) is 17.8 Å². The first-order valence-electron chi connectivity index (χ1n) is 8.89. The van der Waals surface area contributed by atoms with Gasteiger partial charge in [-0.3, -0.25) is 9.69 Å². The third kappa shape index (κ3) is 5.68. The van der Waals surface area contributed by atoms with E-state index in [4.69, 9.17) is 22.1 Å². The molecular weight excluding hydrogens is 386 g/mol. The zero-order valence-corrected chi connectivity index (χ0v) is 16.9. The molecule has 2 heterocycles. The quantitative estimate of drug-likeness (QED) is 0.670. The molecule has 0 spiro atoms. The number of nitrogens with two attached hydrogens (primary N) is 1. The number of halogens is 1. The number of hydrogen-bond donors (Lipinski definition) is 1. The second kappa shape index (κ2) is 9.54. The summed E-state index contributed by atoms with van der Waals surface area (Å²) in [4.78, 5) is 13.3. The van der Waals surface area contributed by atoms with Gasteiger partial charge in [-0.05, 0) is 11.6 Å². The normalized spacial score (nSPS) is 17.9. The van der Waals surface area contributed by atoms with Gasteiger partial charge in [-0.25, -0.2) is 0 Å². The zero-order valence-electron chi connectivity index (χ0n) is 15.3. The van der Waals surface area contributed by atoms with E-state index < -0.39 is 0 Å². The van der Waals surface area contributed by atoms with Crippen LogP contribution in [0.25, 0.3) is 0 Å². The number of thioether (sulfide) groups is 1. The first-order valence-corrected chi connectivity index (χ1v) is 10.3. The van der Waals surface area contributed by atoms with Crippen molar-refractivity contribution in [1.29, 1.82) is 0 Å². The zero-order chi connectivity index (χ0) is 19.2. The molecule has 146 valence electrons. The number of benzene rings is 1. The highest BCUT2D eigenvalue weighted by Gasteiger charge is 2.22. The van der Waals surface area contributed by atoms with Crippen molar-refractivity contribution >= 4 is 29.3 Å². The molecule has 0 bridgehead atoms. The molecule has 1 saturated heterocycles. The van der Waals surface area contributed by atoms with Gasteiger partial charge in [-0.15, -0.1) is 10.2 Å². The molecule has 2 aromatic rings. The lowest BCUT2D eigenvalue weighted by Crippen LogP contribution is -2.43. The average molecular weight is 410 g/mol. The molecule has 7 nitrogen and oxygen atoms in total. The van der Waals surface area contributed by atoms with Crippen molar-refractivity contribution in [3.8, 4) is 0 Å². The molecule has 1 aliphatic rings. The largest absolute Gasteiger partial charge is 0.375 e. The van der Waals surface area contributed by atoms with Crippen LogP contribution in [0.5, 0.6) is 0 Å². The molecule has 0 saturated carbocycles. The summed E-state index contributed by atoms with van der Waals surface area (Å²) in [5.41, 5.74) is 6.34. The Bertz CT molecular complexity index is 785. The summed E-state index contributed by atoms with van der Waals surface area (Å²) in [6, 6.07) is 7.95. The number of hydrogen-bond acceptors (Lipinski definition) is 6. The number of ether oxygens (including phenoxy) is 1. The van der Waals surface area contributed by atoms with Gasteiger partial charge < -0.3 is 15.0 Å². The van der Waals surface area contributed by atoms with E-state index >= 15 is 0 Å². The summed E-state index contributed by atoms with van der Waals surface area (Å²) in [6.45, 7) is 3.28. The second-order valence-electron chi connectivity index (χ2n) is 6.55. The lowest BCUT2D eigenvalue weighted by atomic mass is 10.2. The van der Waals surface area contributed by atoms with Crippen LogP contribution >= 0.6 is 23.4 Å². The maximum absolute atomic E-state index is 10.9. The van der Waals surface area contributed by atoms with Gasteiger partial charge >= 0.3 is 0 Å². The van der Waals surface area contributed by atoms with E-state index in [-0.39, 0.29) is 18.4 Å². The summed E-state index contributed by atoms with van der Waals surface area (Å²) in [5, 5.41) is 9.99. The standard InChI is InChI=1S/C18H24ClN5O2S/c1-23-17(7-6-16(20)25)21-22-18(23)27-12-14-11-24(8-9-26-14)10-13-4-2-3-5-15(13)19/h2-5,14H,6-12H2,1H3,(H2,20,25)/t14-/m0/s1. The van der Waals surface area contributed by atoms with Crippen molar-refractivity contribution in [2.45, 2.75) is 30.6 Å². The minimum Gasteiger partial charge on any atom is -0.375 e. The van der Waals surface area contributed by atoms with Crippen LogP contribution in [0.4, 0.5) is 0 Å². The van der Waals surface area contributed by atoms with E-state index in [0.717, 1.165) is 47.0 Å². The molecular formula is C18H24ClN5O2S. The monoisotopic (exact) mass is 409 g/mol. The molecule has 0 radical (unpaired) electrons. The fraction of sp³-hybridized carbons (Fsp3) is 0.500. The third-order valence-electron chi connectivity index (χ3n) is 4.49. The molecule has 1 aromatic carbocycles. The van der Waals surface area contributed by atoms with Crippen molar-refractivity contribution < 1.29 is 9.53 Å². The SMILES string of the molecule is Cn1c(CCC(N)=O)nnc1SC[C@@H]1CN(Cc2ccccc2Cl)CCO1. The van der Waals surface area contributed by atoms with Crippen LogP contribution in [0.3, 0.4) is 0 Å². The summed E-state index contributed by atoms with van der Waals surface area (Å²) < 4.78 is 7.82. The van der Waals surface area contributed by atoms with Crippen LogP contribution in [0, 0.1) is 0 Å². The Kier molecular flexibility index (Phi) is 7.12. The first kappa shape index (κ1) is 20.1. The number of morpholine rings is 1. The Labute approximate surface area is 168 Å². The maximum atomic E-state index is 10.9. The topological polar surface area (TPSA) is 86.3 Å². The van der Waals surface area contributed by atoms with E-state index in [0.29, 0.717) is 13.0 Å². The molecule has 9 heteroatoms. The number of primary amides is 1. The van der Waals surface area contributed by atoms with Crippen molar-refractivity contribution in [1.82, 2.24) is 19.7 Å². The van der Waals surface area contributed by atoms with Gasteiger partial charge in [-0.2, -0.15) is 0 Å². The summed E-state index contributed by atoms with van der Waals surface area (Å²) in [7, 11) is 1.91. The summed E-state index contributed by atoms with van der Waals surface area (Å²) in [5.74, 6) is 1.23. The highest BCUT2D eigenvalue weighted by Crippen LogP contribution is 2.22. The van der Waals surface area contributed by atoms with Gasteiger partial charge in [0.15, 0.2) is 5.16 Å². The summed E-state index contributed by atoms with van der Waals surface area (Å²) in [6.07, 6.45) is 0.904. The Balaban J connectivity index is 1.51. The molecule has 1 amide bonds. The van der Waals surface area contributed by atoms with E-state index in [1.807, 2.05) is 29.8 Å². The first-order chi connectivity index (χ1) is 13.0. The van der Waals surface area contributed by atoms with Crippen LogP contribution < -0.4 is 5.73 Å². The number of carbonyl (C=O) groups excluding carboxylic acids is 1. The highest BCUT2D eigenvalue weighted by molar-refractivity contribution is 7.99. The lowest BCUT2D eigenvalue weighted by molar-refractivity contribution is -0.118. The van der Waals surface area contributed by atoms with Crippen LogP contribution in [-0.2, 0) is 29.5 Å².